The van der Waals surface area contributed by atoms with Crippen LogP contribution in [-0.2, 0) is 4.74 Å². The molecule has 1 heterocycles. The van der Waals surface area contributed by atoms with E-state index in [4.69, 9.17) is 27.9 Å². The largest absolute Gasteiger partial charge is 0.453 e. The van der Waals surface area contributed by atoms with Gasteiger partial charge in [-0.15, -0.1) is 5.10 Å². The van der Waals surface area contributed by atoms with Crippen molar-refractivity contribution in [1.82, 2.24) is 9.59 Å². The molecule has 2 aromatic rings. The first-order valence-corrected chi connectivity index (χ1v) is 6.96. The molecule has 0 unspecified atom stereocenters. The Labute approximate surface area is 128 Å². The maximum Gasteiger partial charge on any atom is 0.352 e. The van der Waals surface area contributed by atoms with Gasteiger partial charge in [0.05, 0.1) is 15.7 Å². The number of ketones is 1. The van der Waals surface area contributed by atoms with Crippen LogP contribution in [0.5, 0.6) is 0 Å². The van der Waals surface area contributed by atoms with E-state index < -0.39 is 5.97 Å². The van der Waals surface area contributed by atoms with Crippen LogP contribution in [0.3, 0.4) is 0 Å². The van der Waals surface area contributed by atoms with E-state index in [0.717, 1.165) is 11.5 Å². The zero-order valence-corrected chi connectivity index (χ0v) is 12.6. The SMILES string of the molecule is Cc1nnsc1C(=O)OCC(=O)c1ccc(Cl)c(Cl)c1. The van der Waals surface area contributed by atoms with Crippen molar-refractivity contribution in [3.05, 3.63) is 44.4 Å². The Hall–Kier alpha value is -1.50. The molecular formula is C12H8Cl2N2O3S. The van der Waals surface area contributed by atoms with Crippen molar-refractivity contribution in [3.8, 4) is 0 Å². The van der Waals surface area contributed by atoms with Crippen LogP contribution in [0.25, 0.3) is 0 Å². The molecule has 0 radical (unpaired) electrons. The summed E-state index contributed by atoms with van der Waals surface area (Å²) in [6, 6.07) is 4.46. The van der Waals surface area contributed by atoms with E-state index in [-0.39, 0.29) is 22.3 Å². The maximum atomic E-state index is 11.9. The normalized spacial score (nSPS) is 10.3. The molecule has 0 saturated carbocycles. The summed E-state index contributed by atoms with van der Waals surface area (Å²) in [7, 11) is 0. The third-order valence-electron chi connectivity index (χ3n) is 2.41. The standard InChI is InChI=1S/C12H8Cl2N2O3S/c1-6-11(20-16-15-6)12(18)19-5-10(17)7-2-3-8(13)9(14)4-7/h2-4H,5H2,1H3. The van der Waals surface area contributed by atoms with Gasteiger partial charge < -0.3 is 4.74 Å². The zero-order chi connectivity index (χ0) is 14.7. The highest BCUT2D eigenvalue weighted by molar-refractivity contribution is 7.07. The van der Waals surface area contributed by atoms with E-state index in [0.29, 0.717) is 16.3 Å². The average molecular weight is 331 g/mol. The number of aromatic nitrogens is 2. The van der Waals surface area contributed by atoms with Gasteiger partial charge in [-0.25, -0.2) is 4.79 Å². The van der Waals surface area contributed by atoms with Crippen LogP contribution in [-0.4, -0.2) is 27.9 Å². The van der Waals surface area contributed by atoms with E-state index in [1.807, 2.05) is 0 Å². The number of rotatable bonds is 4. The number of esters is 1. The Morgan fingerprint density at radius 2 is 2.05 bits per heavy atom. The minimum absolute atomic E-state index is 0.270. The highest BCUT2D eigenvalue weighted by atomic mass is 35.5. The summed E-state index contributed by atoms with van der Waals surface area (Å²) in [4.78, 5) is 23.8. The molecule has 8 heteroatoms. The molecule has 0 saturated heterocycles. The Bertz CT molecular complexity index is 672. The van der Waals surface area contributed by atoms with Crippen molar-refractivity contribution in [2.45, 2.75) is 6.92 Å². The molecular weight excluding hydrogens is 323 g/mol. The quantitative estimate of drug-likeness (QED) is 0.636. The van der Waals surface area contributed by atoms with Crippen molar-refractivity contribution in [1.29, 1.82) is 0 Å². The van der Waals surface area contributed by atoms with Crippen molar-refractivity contribution in [2.24, 2.45) is 0 Å². The van der Waals surface area contributed by atoms with Crippen molar-refractivity contribution in [3.63, 3.8) is 0 Å². The Kier molecular flexibility index (Phi) is 4.69. The van der Waals surface area contributed by atoms with E-state index >= 15 is 0 Å². The summed E-state index contributed by atoms with van der Waals surface area (Å²) >= 11 is 12.5. The fraction of sp³-hybridized carbons (Fsp3) is 0.167. The molecule has 0 atom stereocenters. The summed E-state index contributed by atoms with van der Waals surface area (Å²) in [5.74, 6) is -0.988. The van der Waals surface area contributed by atoms with Crippen LogP contribution >= 0.6 is 34.7 Å². The second kappa shape index (κ2) is 6.30. The zero-order valence-electron chi connectivity index (χ0n) is 10.2. The number of ether oxygens (including phenoxy) is 1. The molecule has 1 aromatic heterocycles. The molecule has 0 N–H and O–H groups in total. The lowest BCUT2D eigenvalue weighted by Gasteiger charge is -2.04. The number of nitrogens with zero attached hydrogens (tertiary/aromatic N) is 2. The van der Waals surface area contributed by atoms with Crippen molar-refractivity contribution in [2.75, 3.05) is 6.61 Å². The van der Waals surface area contributed by atoms with Gasteiger partial charge in [-0.05, 0) is 36.7 Å². The highest BCUT2D eigenvalue weighted by Gasteiger charge is 2.17. The van der Waals surface area contributed by atoms with Gasteiger partial charge >= 0.3 is 5.97 Å². The van der Waals surface area contributed by atoms with Crippen LogP contribution in [0.1, 0.15) is 25.7 Å². The second-order valence-electron chi connectivity index (χ2n) is 3.82. The maximum absolute atomic E-state index is 11.9. The van der Waals surface area contributed by atoms with Gasteiger partial charge in [-0.3, -0.25) is 4.79 Å². The number of carbonyl (C=O) groups is 2. The number of hydrogen-bond acceptors (Lipinski definition) is 6. The molecule has 0 spiro atoms. The predicted molar refractivity (Wildman–Crippen MR) is 75.7 cm³/mol. The third-order valence-corrected chi connectivity index (χ3v) is 3.96. The summed E-state index contributed by atoms with van der Waals surface area (Å²) in [6.45, 7) is 1.26. The van der Waals surface area contributed by atoms with Gasteiger partial charge in [0, 0.05) is 5.56 Å². The third kappa shape index (κ3) is 3.33. The van der Waals surface area contributed by atoms with Gasteiger partial charge in [0.25, 0.3) is 0 Å². The van der Waals surface area contributed by atoms with E-state index in [2.05, 4.69) is 9.59 Å². The lowest BCUT2D eigenvalue weighted by atomic mass is 10.1. The lowest BCUT2D eigenvalue weighted by molar-refractivity contribution is 0.0478. The first-order chi connectivity index (χ1) is 9.49. The molecule has 0 aliphatic heterocycles. The molecule has 0 bridgehead atoms. The summed E-state index contributed by atoms with van der Waals surface area (Å²) < 4.78 is 8.54. The van der Waals surface area contributed by atoms with E-state index in [9.17, 15) is 9.59 Å². The molecule has 0 amide bonds. The van der Waals surface area contributed by atoms with Crippen LogP contribution in [0.4, 0.5) is 0 Å². The summed E-state index contributed by atoms with van der Waals surface area (Å²) in [6.07, 6.45) is 0. The fourth-order valence-electron chi connectivity index (χ4n) is 1.37. The van der Waals surface area contributed by atoms with Crippen LogP contribution < -0.4 is 0 Å². The first-order valence-electron chi connectivity index (χ1n) is 5.43. The van der Waals surface area contributed by atoms with Crippen LogP contribution in [0.15, 0.2) is 18.2 Å². The number of benzene rings is 1. The monoisotopic (exact) mass is 330 g/mol. The van der Waals surface area contributed by atoms with Gasteiger partial charge in [0.1, 0.15) is 0 Å². The topological polar surface area (TPSA) is 69.2 Å². The number of hydrogen-bond donors (Lipinski definition) is 0. The Morgan fingerprint density at radius 3 is 2.65 bits per heavy atom. The molecule has 0 fully saturated rings. The number of Topliss-reactive ketones (excluding diaryl/α,β-unsaturated/α-hetero) is 1. The van der Waals surface area contributed by atoms with E-state index in [1.165, 1.54) is 18.2 Å². The van der Waals surface area contributed by atoms with Gasteiger partial charge in [-0.1, -0.05) is 27.7 Å². The minimum atomic E-state index is -0.620. The van der Waals surface area contributed by atoms with Crippen molar-refractivity contribution < 1.29 is 14.3 Å². The van der Waals surface area contributed by atoms with Gasteiger partial charge in [-0.2, -0.15) is 0 Å². The molecule has 2 rings (SSSR count). The number of aryl methyl sites for hydroxylation is 1. The number of halogens is 2. The van der Waals surface area contributed by atoms with Gasteiger partial charge in [0.15, 0.2) is 17.3 Å². The van der Waals surface area contributed by atoms with Crippen LogP contribution in [0, 0.1) is 6.92 Å². The van der Waals surface area contributed by atoms with Crippen LogP contribution in [0.2, 0.25) is 10.0 Å². The molecule has 1 aromatic carbocycles. The number of carbonyl (C=O) groups excluding carboxylic acids is 2. The molecule has 20 heavy (non-hydrogen) atoms. The second-order valence-corrected chi connectivity index (χ2v) is 5.38. The molecule has 104 valence electrons. The first kappa shape index (κ1) is 14.9. The lowest BCUT2D eigenvalue weighted by Crippen LogP contribution is -2.14. The highest BCUT2D eigenvalue weighted by Crippen LogP contribution is 2.22. The Balaban J connectivity index is 2.00. The van der Waals surface area contributed by atoms with Gasteiger partial charge in [0.2, 0.25) is 0 Å². The minimum Gasteiger partial charge on any atom is -0.453 e. The molecule has 5 nitrogen and oxygen atoms in total. The predicted octanol–water partition coefficient (Wildman–Crippen LogP) is 3.19. The molecule has 0 aliphatic rings. The summed E-state index contributed by atoms with van der Waals surface area (Å²) in [5.41, 5.74) is 0.799. The molecule has 0 aliphatic carbocycles. The summed E-state index contributed by atoms with van der Waals surface area (Å²) in [5, 5.41) is 4.32. The fourth-order valence-corrected chi connectivity index (χ4v) is 2.22. The van der Waals surface area contributed by atoms with E-state index in [1.54, 1.807) is 6.92 Å². The smallest absolute Gasteiger partial charge is 0.352 e. The Morgan fingerprint density at radius 1 is 1.30 bits per heavy atom. The average Bonchev–Trinajstić information content (AvgIpc) is 2.85. The van der Waals surface area contributed by atoms with Crippen molar-refractivity contribution >= 4 is 46.5 Å².